The lowest BCUT2D eigenvalue weighted by atomic mass is 10.2. The Bertz CT molecular complexity index is 645. The van der Waals surface area contributed by atoms with E-state index in [4.69, 9.17) is 16.1 Å². The molecule has 0 radical (unpaired) electrons. The maximum absolute atomic E-state index is 6.20. The van der Waals surface area contributed by atoms with E-state index >= 15 is 0 Å². The van der Waals surface area contributed by atoms with Crippen LogP contribution in [0.1, 0.15) is 23.9 Å². The van der Waals surface area contributed by atoms with Gasteiger partial charge < -0.3 is 14.7 Å². The van der Waals surface area contributed by atoms with E-state index in [1.165, 1.54) is 0 Å². The summed E-state index contributed by atoms with van der Waals surface area (Å²) in [5, 5.41) is 8.00. The molecule has 0 saturated carbocycles. The van der Waals surface area contributed by atoms with Crippen LogP contribution in [0.2, 0.25) is 5.02 Å². The van der Waals surface area contributed by atoms with Crippen molar-refractivity contribution >= 4 is 41.5 Å². The predicted octanol–water partition coefficient (Wildman–Crippen LogP) is 3.72. The van der Waals surface area contributed by atoms with Gasteiger partial charge in [-0.25, -0.2) is 0 Å². The summed E-state index contributed by atoms with van der Waals surface area (Å²) in [7, 11) is 3.72. The Morgan fingerprint density at radius 2 is 2.13 bits per heavy atom. The number of benzene rings is 1. The molecule has 0 spiro atoms. The molecule has 23 heavy (non-hydrogen) atoms. The van der Waals surface area contributed by atoms with Crippen LogP contribution in [-0.4, -0.2) is 30.1 Å². The second kappa shape index (κ2) is 9.77. The Kier molecular flexibility index (Phi) is 8.40. The molecule has 2 aromatic rings. The molecule has 0 aliphatic carbocycles. The van der Waals surface area contributed by atoms with Crippen LogP contribution in [0.3, 0.4) is 0 Å². The number of aromatic nitrogens is 1. The van der Waals surface area contributed by atoms with Gasteiger partial charge in [-0.1, -0.05) is 41.9 Å². The van der Waals surface area contributed by atoms with Gasteiger partial charge in [-0.2, -0.15) is 0 Å². The fourth-order valence-corrected chi connectivity index (χ4v) is 2.31. The Morgan fingerprint density at radius 3 is 2.74 bits per heavy atom. The predicted molar refractivity (Wildman–Crippen MR) is 104 cm³/mol. The molecule has 1 aromatic carbocycles. The lowest BCUT2D eigenvalue weighted by Crippen LogP contribution is -2.38. The van der Waals surface area contributed by atoms with E-state index in [-0.39, 0.29) is 24.0 Å². The molecular weight excluding hydrogens is 427 g/mol. The van der Waals surface area contributed by atoms with Crippen LogP contribution < -0.4 is 5.32 Å². The maximum Gasteiger partial charge on any atom is 0.194 e. The minimum atomic E-state index is 0. The van der Waals surface area contributed by atoms with Gasteiger partial charge in [0.2, 0.25) is 0 Å². The van der Waals surface area contributed by atoms with Crippen LogP contribution >= 0.6 is 35.6 Å². The molecule has 0 amide bonds. The third kappa shape index (κ3) is 5.69. The Balaban J connectivity index is 0.00000264. The zero-order chi connectivity index (χ0) is 15.9. The molecule has 0 saturated heterocycles. The molecule has 5 nitrogen and oxygen atoms in total. The zero-order valence-corrected chi connectivity index (χ0v) is 16.6. The Hall–Kier alpha value is -1.28. The highest BCUT2D eigenvalue weighted by Crippen LogP contribution is 2.16. The first-order valence-electron chi connectivity index (χ1n) is 7.23. The number of aliphatic imine (C=N–C) groups is 1. The van der Waals surface area contributed by atoms with Crippen molar-refractivity contribution < 1.29 is 4.52 Å². The summed E-state index contributed by atoms with van der Waals surface area (Å²) in [6, 6.07) is 9.76. The smallest absolute Gasteiger partial charge is 0.194 e. The second-order valence-corrected chi connectivity index (χ2v) is 5.39. The largest absolute Gasteiger partial charge is 0.359 e. The highest BCUT2D eigenvalue weighted by Gasteiger charge is 2.10. The molecule has 2 rings (SSSR count). The first-order valence-corrected chi connectivity index (χ1v) is 7.61. The highest BCUT2D eigenvalue weighted by molar-refractivity contribution is 14.0. The minimum absolute atomic E-state index is 0. The number of nitrogens with one attached hydrogen (secondary N) is 1. The summed E-state index contributed by atoms with van der Waals surface area (Å²) in [4.78, 5) is 6.29. The van der Waals surface area contributed by atoms with Crippen molar-refractivity contribution in [2.75, 3.05) is 14.1 Å². The summed E-state index contributed by atoms with van der Waals surface area (Å²) >= 11 is 6.20. The Labute approximate surface area is 159 Å². The van der Waals surface area contributed by atoms with Gasteiger partial charge in [0.15, 0.2) is 11.7 Å². The standard InChI is InChI=1S/C16H21ClN4O.HI/c1-4-13-9-14(22-20-13)10-19-16(18-2)21(3)11-12-7-5-6-8-15(12)17;/h5-9H,4,10-11H2,1-3H3,(H,18,19);1H. The van der Waals surface area contributed by atoms with Crippen LogP contribution in [0.4, 0.5) is 0 Å². The zero-order valence-electron chi connectivity index (χ0n) is 13.5. The number of rotatable bonds is 5. The molecule has 126 valence electrons. The van der Waals surface area contributed by atoms with Crippen LogP contribution in [0.5, 0.6) is 0 Å². The molecule has 1 aromatic heterocycles. The van der Waals surface area contributed by atoms with Crippen molar-refractivity contribution in [2.24, 2.45) is 4.99 Å². The molecule has 1 N–H and O–H groups in total. The molecular formula is C16H22ClIN4O. The van der Waals surface area contributed by atoms with Gasteiger partial charge >= 0.3 is 0 Å². The average molecular weight is 449 g/mol. The third-order valence-corrected chi connectivity index (χ3v) is 3.70. The molecule has 1 heterocycles. The summed E-state index contributed by atoms with van der Waals surface area (Å²) in [6.07, 6.45) is 0.866. The molecule has 0 bridgehead atoms. The fourth-order valence-electron chi connectivity index (χ4n) is 2.11. The van der Waals surface area contributed by atoms with Crippen molar-refractivity contribution in [2.45, 2.75) is 26.4 Å². The van der Waals surface area contributed by atoms with Gasteiger partial charge in [0.1, 0.15) is 0 Å². The van der Waals surface area contributed by atoms with Gasteiger partial charge in [0, 0.05) is 31.7 Å². The van der Waals surface area contributed by atoms with Gasteiger partial charge in [-0.15, -0.1) is 24.0 Å². The van der Waals surface area contributed by atoms with Crippen LogP contribution in [0.15, 0.2) is 39.8 Å². The first-order chi connectivity index (χ1) is 10.6. The molecule has 0 aliphatic heterocycles. The topological polar surface area (TPSA) is 53.7 Å². The third-order valence-electron chi connectivity index (χ3n) is 3.33. The minimum Gasteiger partial charge on any atom is -0.359 e. The lowest BCUT2D eigenvalue weighted by Gasteiger charge is -2.22. The number of aryl methyl sites for hydroxylation is 1. The second-order valence-electron chi connectivity index (χ2n) is 4.99. The van der Waals surface area contributed by atoms with Crippen LogP contribution in [0, 0.1) is 0 Å². The van der Waals surface area contributed by atoms with E-state index in [1.54, 1.807) is 7.05 Å². The van der Waals surface area contributed by atoms with E-state index < -0.39 is 0 Å². The molecule has 0 fully saturated rings. The fraction of sp³-hybridized carbons (Fsp3) is 0.375. The number of nitrogens with zero attached hydrogens (tertiary/aromatic N) is 3. The van der Waals surface area contributed by atoms with E-state index in [0.29, 0.717) is 13.1 Å². The lowest BCUT2D eigenvalue weighted by molar-refractivity contribution is 0.371. The maximum atomic E-state index is 6.20. The van der Waals surface area contributed by atoms with Crippen molar-refractivity contribution in [1.29, 1.82) is 0 Å². The summed E-state index contributed by atoms with van der Waals surface area (Å²) in [6.45, 7) is 3.27. The first kappa shape index (κ1) is 19.8. The van der Waals surface area contributed by atoms with Crippen LogP contribution in [-0.2, 0) is 19.5 Å². The summed E-state index contributed by atoms with van der Waals surface area (Å²) in [5.74, 6) is 1.57. The van der Waals surface area contributed by atoms with Crippen molar-refractivity contribution in [1.82, 2.24) is 15.4 Å². The quantitative estimate of drug-likeness (QED) is 0.430. The molecule has 0 unspecified atom stereocenters. The normalized spacial score (nSPS) is 11.0. The number of halogens is 2. The van der Waals surface area contributed by atoms with E-state index in [0.717, 1.165) is 34.4 Å². The van der Waals surface area contributed by atoms with Gasteiger partial charge in [-0.05, 0) is 18.1 Å². The molecule has 7 heteroatoms. The SMILES string of the molecule is CCc1cc(CNC(=NC)N(C)Cc2ccccc2Cl)on1.I. The number of guanidine groups is 1. The van der Waals surface area contributed by atoms with Crippen molar-refractivity contribution in [3.8, 4) is 0 Å². The number of hydrogen-bond donors (Lipinski definition) is 1. The highest BCUT2D eigenvalue weighted by atomic mass is 127. The summed E-state index contributed by atoms with van der Waals surface area (Å²) < 4.78 is 5.26. The van der Waals surface area contributed by atoms with Crippen molar-refractivity contribution in [3.05, 3.63) is 52.4 Å². The summed E-state index contributed by atoms with van der Waals surface area (Å²) in [5.41, 5.74) is 2.01. The van der Waals surface area contributed by atoms with Gasteiger partial charge in [-0.3, -0.25) is 4.99 Å². The van der Waals surface area contributed by atoms with Gasteiger partial charge in [0.25, 0.3) is 0 Å². The van der Waals surface area contributed by atoms with E-state index in [9.17, 15) is 0 Å². The molecule has 0 atom stereocenters. The monoisotopic (exact) mass is 448 g/mol. The van der Waals surface area contributed by atoms with Crippen molar-refractivity contribution in [3.63, 3.8) is 0 Å². The Morgan fingerprint density at radius 1 is 1.39 bits per heavy atom. The van der Waals surface area contributed by atoms with Gasteiger partial charge in [0.05, 0.1) is 12.2 Å². The van der Waals surface area contributed by atoms with E-state index in [2.05, 4.69) is 15.5 Å². The van der Waals surface area contributed by atoms with Crippen LogP contribution in [0.25, 0.3) is 0 Å². The number of hydrogen-bond acceptors (Lipinski definition) is 3. The van der Waals surface area contributed by atoms with E-state index in [1.807, 2.05) is 49.2 Å². The average Bonchev–Trinajstić information content (AvgIpc) is 2.98. The molecule has 0 aliphatic rings.